The topological polar surface area (TPSA) is 41.1 Å². The number of hydrogen-bond acceptors (Lipinski definition) is 2. The summed E-state index contributed by atoms with van der Waals surface area (Å²) in [5, 5.41) is 6.19. The number of nitrogens with one attached hydrogen (secondary N) is 2. The molecule has 0 aliphatic carbocycles. The SMILES string of the molecule is CC(CC(=O)NCCC1CCNC1)c1ccc(C(F)(F)F)cc1. The van der Waals surface area contributed by atoms with Crippen molar-refractivity contribution in [3.8, 4) is 0 Å². The first-order valence-corrected chi connectivity index (χ1v) is 8.01. The van der Waals surface area contributed by atoms with E-state index in [1.54, 1.807) is 0 Å². The van der Waals surface area contributed by atoms with E-state index in [-0.39, 0.29) is 18.2 Å². The Morgan fingerprint density at radius 2 is 2.04 bits per heavy atom. The number of alkyl halides is 3. The Labute approximate surface area is 134 Å². The Morgan fingerprint density at radius 3 is 2.61 bits per heavy atom. The molecule has 3 nitrogen and oxygen atoms in total. The van der Waals surface area contributed by atoms with Gasteiger partial charge in [-0.1, -0.05) is 19.1 Å². The molecule has 6 heteroatoms. The highest BCUT2D eigenvalue weighted by molar-refractivity contribution is 5.76. The second-order valence-corrected chi connectivity index (χ2v) is 6.22. The van der Waals surface area contributed by atoms with Crippen LogP contribution in [-0.2, 0) is 11.0 Å². The molecule has 128 valence electrons. The highest BCUT2D eigenvalue weighted by Gasteiger charge is 2.30. The van der Waals surface area contributed by atoms with Crippen molar-refractivity contribution in [2.45, 2.75) is 38.3 Å². The second-order valence-electron chi connectivity index (χ2n) is 6.22. The van der Waals surface area contributed by atoms with E-state index in [4.69, 9.17) is 0 Å². The van der Waals surface area contributed by atoms with Crippen molar-refractivity contribution in [3.05, 3.63) is 35.4 Å². The molecule has 1 aromatic carbocycles. The van der Waals surface area contributed by atoms with Gasteiger partial charge in [0.15, 0.2) is 0 Å². The van der Waals surface area contributed by atoms with Crippen LogP contribution in [0.2, 0.25) is 0 Å². The molecule has 2 rings (SSSR count). The molecule has 0 radical (unpaired) electrons. The molecule has 2 unspecified atom stereocenters. The molecule has 1 aliphatic rings. The standard InChI is InChI=1S/C17H23F3N2O/c1-12(14-2-4-15(5-3-14)17(18,19)20)10-16(23)22-9-7-13-6-8-21-11-13/h2-5,12-13,21H,6-11H2,1H3,(H,22,23). The fourth-order valence-electron chi connectivity index (χ4n) is 2.85. The lowest BCUT2D eigenvalue weighted by Crippen LogP contribution is -2.27. The van der Waals surface area contributed by atoms with Crippen LogP contribution in [0.25, 0.3) is 0 Å². The minimum atomic E-state index is -4.33. The summed E-state index contributed by atoms with van der Waals surface area (Å²) in [6.07, 6.45) is -1.92. The maximum Gasteiger partial charge on any atom is 0.416 e. The Balaban J connectivity index is 1.76. The van der Waals surface area contributed by atoms with E-state index in [0.717, 1.165) is 43.6 Å². The Morgan fingerprint density at radius 1 is 1.35 bits per heavy atom. The zero-order valence-corrected chi connectivity index (χ0v) is 13.2. The summed E-state index contributed by atoms with van der Waals surface area (Å²) in [5.74, 6) is 0.469. The van der Waals surface area contributed by atoms with Gasteiger partial charge >= 0.3 is 6.18 Å². The molecular formula is C17H23F3N2O. The zero-order chi connectivity index (χ0) is 16.9. The molecule has 0 bridgehead atoms. The fourth-order valence-corrected chi connectivity index (χ4v) is 2.85. The van der Waals surface area contributed by atoms with E-state index >= 15 is 0 Å². The quantitative estimate of drug-likeness (QED) is 0.841. The van der Waals surface area contributed by atoms with Gasteiger partial charge in [0.25, 0.3) is 0 Å². The van der Waals surface area contributed by atoms with E-state index in [9.17, 15) is 18.0 Å². The van der Waals surface area contributed by atoms with Gasteiger partial charge in [-0.05, 0) is 55.5 Å². The molecular weight excluding hydrogens is 305 g/mol. The summed E-state index contributed by atoms with van der Waals surface area (Å²) in [5.41, 5.74) is 0.0798. The first-order chi connectivity index (χ1) is 10.9. The van der Waals surface area contributed by atoms with Gasteiger partial charge in [-0.2, -0.15) is 13.2 Å². The summed E-state index contributed by atoms with van der Waals surface area (Å²) >= 11 is 0. The average Bonchev–Trinajstić information content (AvgIpc) is 2.99. The molecule has 1 amide bonds. The van der Waals surface area contributed by atoms with E-state index in [2.05, 4.69) is 10.6 Å². The third-order valence-electron chi connectivity index (χ3n) is 4.34. The molecule has 0 saturated carbocycles. The van der Waals surface area contributed by atoms with Gasteiger partial charge in [0.05, 0.1) is 5.56 Å². The number of carbonyl (C=O) groups excluding carboxylic acids is 1. The maximum absolute atomic E-state index is 12.5. The van der Waals surface area contributed by atoms with Crippen molar-refractivity contribution in [1.29, 1.82) is 0 Å². The molecule has 0 spiro atoms. The molecule has 1 saturated heterocycles. The Kier molecular flexibility index (Phi) is 6.04. The monoisotopic (exact) mass is 328 g/mol. The third kappa shape index (κ3) is 5.53. The normalized spacial score (nSPS) is 19.6. The predicted molar refractivity (Wildman–Crippen MR) is 83.1 cm³/mol. The van der Waals surface area contributed by atoms with Gasteiger partial charge in [0.2, 0.25) is 5.91 Å². The molecule has 2 atom stereocenters. The maximum atomic E-state index is 12.5. The molecule has 0 aromatic heterocycles. The van der Waals surface area contributed by atoms with Crippen molar-refractivity contribution in [2.24, 2.45) is 5.92 Å². The van der Waals surface area contributed by atoms with Crippen molar-refractivity contribution in [3.63, 3.8) is 0 Å². The predicted octanol–water partition coefficient (Wildman–Crippen LogP) is 3.31. The number of halogens is 3. The van der Waals surface area contributed by atoms with E-state index in [1.807, 2.05) is 6.92 Å². The first-order valence-electron chi connectivity index (χ1n) is 8.01. The van der Waals surface area contributed by atoms with Crippen LogP contribution in [0.3, 0.4) is 0 Å². The minimum absolute atomic E-state index is 0.0524. The molecule has 1 aliphatic heterocycles. The van der Waals surface area contributed by atoms with Gasteiger partial charge < -0.3 is 10.6 Å². The van der Waals surface area contributed by atoms with Gasteiger partial charge in [-0.15, -0.1) is 0 Å². The third-order valence-corrected chi connectivity index (χ3v) is 4.34. The highest BCUT2D eigenvalue weighted by atomic mass is 19.4. The Hall–Kier alpha value is -1.56. The molecule has 23 heavy (non-hydrogen) atoms. The smallest absolute Gasteiger partial charge is 0.356 e. The number of hydrogen-bond donors (Lipinski definition) is 2. The van der Waals surface area contributed by atoms with E-state index < -0.39 is 11.7 Å². The van der Waals surface area contributed by atoms with Crippen LogP contribution in [0, 0.1) is 5.92 Å². The van der Waals surface area contributed by atoms with Gasteiger partial charge in [0.1, 0.15) is 0 Å². The van der Waals surface area contributed by atoms with Gasteiger partial charge in [-0.3, -0.25) is 4.79 Å². The summed E-state index contributed by atoms with van der Waals surface area (Å²) in [7, 11) is 0. The van der Waals surface area contributed by atoms with E-state index in [0.29, 0.717) is 12.5 Å². The first kappa shape index (κ1) is 17.8. The van der Waals surface area contributed by atoms with Crippen LogP contribution in [0.15, 0.2) is 24.3 Å². The van der Waals surface area contributed by atoms with Crippen molar-refractivity contribution >= 4 is 5.91 Å². The minimum Gasteiger partial charge on any atom is -0.356 e. The lowest BCUT2D eigenvalue weighted by molar-refractivity contribution is -0.137. The van der Waals surface area contributed by atoms with E-state index in [1.165, 1.54) is 12.1 Å². The highest BCUT2D eigenvalue weighted by Crippen LogP contribution is 2.30. The summed E-state index contributed by atoms with van der Waals surface area (Å²) in [6, 6.07) is 5.03. The number of carbonyl (C=O) groups is 1. The number of amides is 1. The molecule has 1 heterocycles. The van der Waals surface area contributed by atoms with Crippen LogP contribution >= 0.6 is 0 Å². The number of benzene rings is 1. The average molecular weight is 328 g/mol. The van der Waals surface area contributed by atoms with Crippen molar-refractivity contribution in [1.82, 2.24) is 10.6 Å². The van der Waals surface area contributed by atoms with Crippen LogP contribution in [0.4, 0.5) is 13.2 Å². The Bertz CT molecular complexity index is 508. The molecule has 2 N–H and O–H groups in total. The number of rotatable bonds is 6. The van der Waals surface area contributed by atoms with Crippen molar-refractivity contribution in [2.75, 3.05) is 19.6 Å². The van der Waals surface area contributed by atoms with Crippen LogP contribution in [0.5, 0.6) is 0 Å². The largest absolute Gasteiger partial charge is 0.416 e. The summed E-state index contributed by atoms with van der Waals surface area (Å²) in [6.45, 7) is 4.56. The summed E-state index contributed by atoms with van der Waals surface area (Å²) in [4.78, 5) is 11.9. The van der Waals surface area contributed by atoms with Crippen LogP contribution < -0.4 is 10.6 Å². The molecule has 1 fully saturated rings. The van der Waals surface area contributed by atoms with Gasteiger partial charge in [0, 0.05) is 13.0 Å². The fraction of sp³-hybridized carbons (Fsp3) is 0.588. The van der Waals surface area contributed by atoms with Crippen LogP contribution in [0.1, 0.15) is 43.2 Å². The second kappa shape index (κ2) is 7.81. The zero-order valence-electron chi connectivity index (χ0n) is 13.2. The lowest BCUT2D eigenvalue weighted by Gasteiger charge is -2.14. The summed E-state index contributed by atoms with van der Waals surface area (Å²) < 4.78 is 37.6. The molecule has 1 aromatic rings. The van der Waals surface area contributed by atoms with Gasteiger partial charge in [-0.25, -0.2) is 0 Å². The van der Waals surface area contributed by atoms with Crippen molar-refractivity contribution < 1.29 is 18.0 Å². The lowest BCUT2D eigenvalue weighted by atomic mass is 9.96. The van der Waals surface area contributed by atoms with Crippen LogP contribution in [-0.4, -0.2) is 25.5 Å².